The van der Waals surface area contributed by atoms with Gasteiger partial charge in [0.15, 0.2) is 0 Å². The van der Waals surface area contributed by atoms with Crippen LogP contribution in [0.15, 0.2) is 77.6 Å². The number of aryl methyl sites for hydroxylation is 1. The van der Waals surface area contributed by atoms with Crippen LogP contribution in [0.25, 0.3) is 5.69 Å². The number of nitrogens with one attached hydrogen (secondary N) is 3. The van der Waals surface area contributed by atoms with E-state index in [2.05, 4.69) is 28.1 Å². The smallest absolute Gasteiger partial charge is 0.333 e. The Bertz CT molecular complexity index is 1550. The molecule has 3 amide bonds. The summed E-state index contributed by atoms with van der Waals surface area (Å²) >= 11 is 0. The molecule has 2 heterocycles. The van der Waals surface area contributed by atoms with Crippen molar-refractivity contribution in [2.24, 2.45) is 0 Å². The first-order chi connectivity index (χ1) is 20.5. The molecule has 0 saturated carbocycles. The van der Waals surface area contributed by atoms with E-state index in [9.17, 15) is 14.4 Å². The largest absolute Gasteiger partial charge is 0.497 e. The monoisotopic (exact) mass is 570 g/mol. The second-order valence-electron chi connectivity index (χ2n) is 10.5. The van der Waals surface area contributed by atoms with Gasteiger partial charge >= 0.3 is 11.7 Å². The number of hydrogen-bond acceptors (Lipinski definition) is 5. The van der Waals surface area contributed by atoms with Gasteiger partial charge in [-0.2, -0.15) is 0 Å². The highest BCUT2D eigenvalue weighted by Gasteiger charge is 2.33. The number of ether oxygens (including phenoxy) is 1. The van der Waals surface area contributed by atoms with Crippen molar-refractivity contribution in [3.8, 4) is 11.4 Å². The molecule has 1 aliphatic carbocycles. The number of benzene rings is 2. The van der Waals surface area contributed by atoms with Crippen molar-refractivity contribution in [3.63, 3.8) is 0 Å². The van der Waals surface area contributed by atoms with E-state index in [1.165, 1.54) is 0 Å². The molecule has 10 nitrogen and oxygen atoms in total. The van der Waals surface area contributed by atoms with Gasteiger partial charge < -0.3 is 25.6 Å². The van der Waals surface area contributed by atoms with E-state index in [1.54, 1.807) is 40.5 Å². The number of urea groups is 1. The molecular weight excluding hydrogens is 532 g/mol. The first kappa shape index (κ1) is 28.9. The average molecular weight is 571 g/mol. The Kier molecular flexibility index (Phi) is 9.23. The molecule has 0 bridgehead atoms. The van der Waals surface area contributed by atoms with Gasteiger partial charge in [-0.3, -0.25) is 13.9 Å². The lowest BCUT2D eigenvalue weighted by atomic mass is 9.94. The molecule has 5 rings (SSSR count). The van der Waals surface area contributed by atoms with Gasteiger partial charge in [0.2, 0.25) is 0 Å². The Hall–Kier alpha value is -4.57. The summed E-state index contributed by atoms with van der Waals surface area (Å²) in [4.78, 5) is 42.7. The van der Waals surface area contributed by atoms with Crippen LogP contribution in [-0.2, 0) is 6.54 Å². The van der Waals surface area contributed by atoms with E-state index in [-0.39, 0.29) is 30.1 Å². The number of aromatic nitrogens is 2. The molecule has 3 aromatic rings. The highest BCUT2D eigenvalue weighted by atomic mass is 16.5. The van der Waals surface area contributed by atoms with Crippen LogP contribution in [0.3, 0.4) is 0 Å². The molecule has 1 aromatic heterocycles. The minimum Gasteiger partial charge on any atom is -0.497 e. The second kappa shape index (κ2) is 13.4. The van der Waals surface area contributed by atoms with Gasteiger partial charge in [0.25, 0.3) is 5.91 Å². The minimum atomic E-state index is -0.356. The average Bonchev–Trinajstić information content (AvgIpc) is 3.31. The number of amides is 3. The number of piperazine rings is 1. The molecule has 1 fully saturated rings. The first-order valence-corrected chi connectivity index (χ1v) is 14.4. The number of carbonyl (C=O) groups is 2. The Balaban J connectivity index is 1.45. The standard InChI is InChI=1S/C32H38N6O4/c1-23-10-6-7-15-27(23)38-28(24-11-4-3-5-12-24)29(30(39)36-20-17-33-18-21-36)37(32(38)41)19-9-16-34-31(40)35-25-13-8-14-26(22-25)42-2/h3-8,10-11,13-15,22,24,33H,9,12,16-21H2,1-2H3,(H2,34,35,40). The maximum absolute atomic E-state index is 14.2. The molecular formula is C32H38N6O4. The van der Waals surface area contributed by atoms with Crippen molar-refractivity contribution >= 4 is 17.6 Å². The van der Waals surface area contributed by atoms with Gasteiger partial charge in [0.1, 0.15) is 11.4 Å². The van der Waals surface area contributed by atoms with Crippen molar-refractivity contribution < 1.29 is 14.3 Å². The van der Waals surface area contributed by atoms with Crippen molar-refractivity contribution in [2.75, 3.05) is 45.2 Å². The molecule has 2 aromatic carbocycles. The number of carbonyl (C=O) groups excluding carboxylic acids is 2. The van der Waals surface area contributed by atoms with Crippen LogP contribution in [0.5, 0.6) is 5.75 Å². The van der Waals surface area contributed by atoms with E-state index in [0.29, 0.717) is 68.4 Å². The molecule has 220 valence electrons. The summed E-state index contributed by atoms with van der Waals surface area (Å²) in [6.45, 7) is 5.15. The predicted molar refractivity (Wildman–Crippen MR) is 164 cm³/mol. The van der Waals surface area contributed by atoms with Crippen LogP contribution in [0.1, 0.15) is 40.5 Å². The molecule has 0 radical (unpaired) electrons. The van der Waals surface area contributed by atoms with Gasteiger partial charge in [-0.15, -0.1) is 0 Å². The number of imidazole rings is 1. The van der Waals surface area contributed by atoms with E-state index < -0.39 is 0 Å². The highest BCUT2D eigenvalue weighted by molar-refractivity contribution is 5.94. The Morgan fingerprint density at radius 1 is 1.07 bits per heavy atom. The molecule has 1 saturated heterocycles. The molecule has 2 aliphatic rings. The van der Waals surface area contributed by atoms with E-state index in [0.717, 1.165) is 11.3 Å². The summed E-state index contributed by atoms with van der Waals surface area (Å²) in [7, 11) is 1.57. The zero-order valence-corrected chi connectivity index (χ0v) is 24.1. The van der Waals surface area contributed by atoms with E-state index in [1.807, 2.05) is 48.2 Å². The quantitative estimate of drug-likeness (QED) is 0.339. The third kappa shape index (κ3) is 6.33. The van der Waals surface area contributed by atoms with Crippen molar-refractivity contribution in [2.45, 2.75) is 32.2 Å². The van der Waals surface area contributed by atoms with Gasteiger partial charge in [-0.25, -0.2) is 9.59 Å². The molecule has 1 aliphatic heterocycles. The number of methoxy groups -OCH3 is 1. The van der Waals surface area contributed by atoms with Crippen LogP contribution in [0, 0.1) is 6.92 Å². The van der Waals surface area contributed by atoms with Gasteiger partial charge in [-0.1, -0.05) is 48.6 Å². The van der Waals surface area contributed by atoms with Gasteiger partial charge in [-0.05, 0) is 43.5 Å². The predicted octanol–water partition coefficient (Wildman–Crippen LogP) is 3.81. The van der Waals surface area contributed by atoms with Crippen LogP contribution in [-0.4, -0.2) is 65.8 Å². The zero-order valence-electron chi connectivity index (χ0n) is 24.1. The number of anilines is 1. The third-order valence-corrected chi connectivity index (χ3v) is 7.64. The highest BCUT2D eigenvalue weighted by Crippen LogP contribution is 2.31. The lowest BCUT2D eigenvalue weighted by molar-refractivity contribution is 0.0722. The second-order valence-corrected chi connectivity index (χ2v) is 10.5. The Morgan fingerprint density at radius 2 is 1.88 bits per heavy atom. The number of para-hydroxylation sites is 1. The SMILES string of the molecule is COc1cccc(NC(=O)NCCCn2c(C(=O)N3CCNCC3)c(C3C=CC=CC3)n(-c3ccccc3C)c2=O)c1. The fraction of sp³-hybridized carbons (Fsp3) is 0.344. The summed E-state index contributed by atoms with van der Waals surface area (Å²) in [5.41, 5.74) is 3.22. The normalized spacial score (nSPS) is 16.3. The summed E-state index contributed by atoms with van der Waals surface area (Å²) in [6, 6.07) is 14.5. The summed E-state index contributed by atoms with van der Waals surface area (Å²) in [6.07, 6.45) is 9.25. The number of rotatable bonds is 9. The van der Waals surface area contributed by atoms with Gasteiger partial charge in [0, 0.05) is 56.9 Å². The van der Waals surface area contributed by atoms with Crippen LogP contribution in [0.2, 0.25) is 0 Å². The fourth-order valence-corrected chi connectivity index (χ4v) is 5.50. The summed E-state index contributed by atoms with van der Waals surface area (Å²) < 4.78 is 8.55. The molecule has 0 spiro atoms. The Labute approximate surface area is 245 Å². The van der Waals surface area contributed by atoms with Crippen LogP contribution < -0.4 is 26.4 Å². The molecule has 42 heavy (non-hydrogen) atoms. The molecule has 10 heteroatoms. The summed E-state index contributed by atoms with van der Waals surface area (Å²) in [5, 5.41) is 8.96. The van der Waals surface area contributed by atoms with E-state index >= 15 is 0 Å². The molecule has 1 atom stereocenters. The maximum Gasteiger partial charge on any atom is 0.333 e. The fourth-order valence-electron chi connectivity index (χ4n) is 5.50. The van der Waals surface area contributed by atoms with E-state index in [4.69, 9.17) is 4.74 Å². The van der Waals surface area contributed by atoms with Crippen LogP contribution in [0.4, 0.5) is 10.5 Å². The van der Waals surface area contributed by atoms with Crippen molar-refractivity contribution in [3.05, 3.63) is 100 Å². The topological polar surface area (TPSA) is 110 Å². The maximum atomic E-state index is 14.2. The number of allylic oxidation sites excluding steroid dienone is 4. The third-order valence-electron chi connectivity index (χ3n) is 7.64. The summed E-state index contributed by atoms with van der Waals surface area (Å²) in [5.74, 6) is 0.380. The minimum absolute atomic E-state index is 0.128. The number of hydrogen-bond donors (Lipinski definition) is 3. The van der Waals surface area contributed by atoms with Crippen molar-refractivity contribution in [1.82, 2.24) is 24.7 Å². The zero-order chi connectivity index (χ0) is 29.5. The molecule has 1 unspecified atom stereocenters. The lowest BCUT2D eigenvalue weighted by Crippen LogP contribution is -2.47. The Morgan fingerprint density at radius 3 is 2.62 bits per heavy atom. The lowest BCUT2D eigenvalue weighted by Gasteiger charge is -2.28. The molecule has 3 N–H and O–H groups in total. The van der Waals surface area contributed by atoms with Crippen molar-refractivity contribution in [1.29, 1.82) is 0 Å². The van der Waals surface area contributed by atoms with Crippen LogP contribution >= 0.6 is 0 Å². The number of nitrogens with zero attached hydrogens (tertiary/aromatic N) is 3. The first-order valence-electron chi connectivity index (χ1n) is 14.4. The van der Waals surface area contributed by atoms with Gasteiger partial charge in [0.05, 0.1) is 18.5 Å².